The van der Waals surface area contributed by atoms with Gasteiger partial charge >= 0.3 is 0 Å². The molecule has 0 spiro atoms. The van der Waals surface area contributed by atoms with Gasteiger partial charge in [0.25, 0.3) is 0 Å². The van der Waals surface area contributed by atoms with Gasteiger partial charge in [-0.1, -0.05) is 18.2 Å². The van der Waals surface area contributed by atoms with E-state index in [2.05, 4.69) is 20.9 Å². The molecule has 0 fully saturated rings. The Kier molecular flexibility index (Phi) is 4.09. The summed E-state index contributed by atoms with van der Waals surface area (Å²) in [6, 6.07) is 6.91. The van der Waals surface area contributed by atoms with Crippen LogP contribution in [-0.2, 0) is 6.42 Å². The lowest BCUT2D eigenvalue weighted by Crippen LogP contribution is -2.05. The minimum Gasteiger partial charge on any atom is -0.388 e. The Morgan fingerprint density at radius 1 is 1.39 bits per heavy atom. The maximum atomic E-state index is 13.8. The molecule has 1 aromatic carbocycles. The highest BCUT2D eigenvalue weighted by molar-refractivity contribution is 9.10. The van der Waals surface area contributed by atoms with Crippen molar-refractivity contribution in [3.63, 3.8) is 0 Å². The van der Waals surface area contributed by atoms with E-state index in [9.17, 15) is 9.50 Å². The van der Waals surface area contributed by atoms with Crippen molar-refractivity contribution in [3.8, 4) is 0 Å². The van der Waals surface area contributed by atoms with Gasteiger partial charge in [-0.25, -0.2) is 4.39 Å². The average molecular weight is 310 g/mol. The van der Waals surface area contributed by atoms with Crippen molar-refractivity contribution < 1.29 is 9.50 Å². The molecule has 1 unspecified atom stereocenters. The number of aryl methyl sites for hydroxylation is 1. The number of aromatic nitrogens is 1. The normalized spacial score (nSPS) is 12.4. The van der Waals surface area contributed by atoms with Crippen LogP contribution < -0.4 is 0 Å². The summed E-state index contributed by atoms with van der Waals surface area (Å²) in [4.78, 5) is 4.02. The van der Waals surface area contributed by atoms with Gasteiger partial charge < -0.3 is 5.11 Å². The Bertz CT molecular complexity index is 559. The molecule has 0 saturated carbocycles. The van der Waals surface area contributed by atoms with Crippen molar-refractivity contribution >= 4 is 15.9 Å². The molecule has 0 amide bonds. The van der Waals surface area contributed by atoms with E-state index in [1.54, 1.807) is 37.5 Å². The Labute approximate surface area is 114 Å². The van der Waals surface area contributed by atoms with Gasteiger partial charge in [0, 0.05) is 28.9 Å². The van der Waals surface area contributed by atoms with Crippen LogP contribution in [0.1, 0.15) is 22.8 Å². The second-order valence-corrected chi connectivity index (χ2v) is 5.13. The van der Waals surface area contributed by atoms with Crippen LogP contribution >= 0.6 is 15.9 Å². The maximum Gasteiger partial charge on any atom is 0.131 e. The van der Waals surface area contributed by atoms with Crippen molar-refractivity contribution in [3.05, 3.63) is 63.6 Å². The largest absolute Gasteiger partial charge is 0.388 e. The Balaban J connectivity index is 2.22. The van der Waals surface area contributed by atoms with Crippen LogP contribution in [0.5, 0.6) is 0 Å². The lowest BCUT2D eigenvalue weighted by atomic mass is 10.0. The summed E-state index contributed by atoms with van der Waals surface area (Å²) < 4.78 is 14.7. The molecule has 0 radical (unpaired) electrons. The number of pyridine rings is 1. The predicted octanol–water partition coefficient (Wildman–Crippen LogP) is 3.57. The number of nitrogens with zero attached hydrogens (tertiary/aromatic N) is 1. The zero-order valence-electron chi connectivity index (χ0n) is 9.90. The van der Waals surface area contributed by atoms with Crippen molar-refractivity contribution in [2.75, 3.05) is 0 Å². The molecule has 0 aliphatic rings. The smallest absolute Gasteiger partial charge is 0.131 e. The molecule has 2 rings (SSSR count). The van der Waals surface area contributed by atoms with Crippen LogP contribution in [0.4, 0.5) is 4.39 Å². The quantitative estimate of drug-likeness (QED) is 0.940. The van der Waals surface area contributed by atoms with Gasteiger partial charge in [-0.2, -0.15) is 0 Å². The van der Waals surface area contributed by atoms with Crippen LogP contribution in [0.25, 0.3) is 0 Å². The van der Waals surface area contributed by atoms with Crippen LogP contribution in [0.3, 0.4) is 0 Å². The second-order valence-electron chi connectivity index (χ2n) is 4.21. The number of halogens is 2. The minimum atomic E-state index is -0.860. The number of hydrogen-bond donors (Lipinski definition) is 1. The summed E-state index contributed by atoms with van der Waals surface area (Å²) in [5.74, 6) is -0.340. The van der Waals surface area contributed by atoms with E-state index in [-0.39, 0.29) is 5.82 Å². The molecule has 4 heteroatoms. The topological polar surface area (TPSA) is 33.1 Å². The number of benzene rings is 1. The fraction of sp³-hybridized carbons (Fsp3) is 0.214. The van der Waals surface area contributed by atoms with Crippen molar-refractivity contribution in [2.45, 2.75) is 19.4 Å². The molecule has 0 aliphatic carbocycles. The van der Waals surface area contributed by atoms with E-state index in [0.717, 1.165) is 10.0 Å². The summed E-state index contributed by atoms with van der Waals surface area (Å²) in [6.07, 6.45) is 2.82. The summed E-state index contributed by atoms with van der Waals surface area (Å²) in [5.41, 5.74) is 1.73. The average Bonchev–Trinajstić information content (AvgIpc) is 2.32. The molecule has 0 bridgehead atoms. The van der Waals surface area contributed by atoms with Gasteiger partial charge in [0.05, 0.1) is 6.10 Å². The summed E-state index contributed by atoms with van der Waals surface area (Å²) in [5, 5.41) is 10.1. The highest BCUT2D eigenvalue weighted by Crippen LogP contribution is 2.23. The lowest BCUT2D eigenvalue weighted by Gasteiger charge is -2.13. The van der Waals surface area contributed by atoms with Crippen molar-refractivity contribution in [2.24, 2.45) is 0 Å². The SMILES string of the molecule is Cc1cccc(C(O)Cc2cncc(Br)c2)c1F. The molecule has 2 aromatic rings. The summed E-state index contributed by atoms with van der Waals surface area (Å²) >= 11 is 3.32. The molecule has 1 N–H and O–H groups in total. The fourth-order valence-corrected chi connectivity index (χ4v) is 2.24. The molecular formula is C14H13BrFNO. The molecule has 1 aromatic heterocycles. The number of hydrogen-bond acceptors (Lipinski definition) is 2. The van der Waals surface area contributed by atoms with Gasteiger partial charge in [-0.3, -0.25) is 4.98 Å². The number of aliphatic hydroxyl groups is 1. The monoisotopic (exact) mass is 309 g/mol. The van der Waals surface area contributed by atoms with E-state index in [1.807, 2.05) is 6.07 Å². The summed E-state index contributed by atoms with van der Waals surface area (Å²) in [7, 11) is 0. The first kappa shape index (κ1) is 13.2. The lowest BCUT2D eigenvalue weighted by molar-refractivity contribution is 0.173. The zero-order valence-corrected chi connectivity index (χ0v) is 11.5. The molecule has 18 heavy (non-hydrogen) atoms. The predicted molar refractivity (Wildman–Crippen MR) is 71.7 cm³/mol. The minimum absolute atomic E-state index is 0.329. The van der Waals surface area contributed by atoms with Gasteiger partial charge in [0.2, 0.25) is 0 Å². The third-order valence-corrected chi connectivity index (χ3v) is 3.20. The highest BCUT2D eigenvalue weighted by Gasteiger charge is 2.14. The third kappa shape index (κ3) is 2.94. The second kappa shape index (κ2) is 5.59. The Morgan fingerprint density at radius 2 is 2.17 bits per heavy atom. The molecular weight excluding hydrogens is 297 g/mol. The molecule has 1 atom stereocenters. The summed E-state index contributed by atoms with van der Waals surface area (Å²) in [6.45, 7) is 1.69. The molecule has 2 nitrogen and oxygen atoms in total. The third-order valence-electron chi connectivity index (χ3n) is 2.77. The highest BCUT2D eigenvalue weighted by atomic mass is 79.9. The van der Waals surface area contributed by atoms with E-state index in [1.165, 1.54) is 0 Å². The van der Waals surface area contributed by atoms with Gasteiger partial charge in [0.1, 0.15) is 5.82 Å². The number of aliphatic hydroxyl groups excluding tert-OH is 1. The standard InChI is InChI=1S/C14H13BrFNO/c1-9-3-2-4-12(14(9)16)13(18)6-10-5-11(15)8-17-7-10/h2-5,7-8,13,18H,6H2,1H3. The van der Waals surface area contributed by atoms with E-state index >= 15 is 0 Å². The molecule has 94 valence electrons. The molecule has 0 aliphatic heterocycles. The van der Waals surface area contributed by atoms with E-state index in [4.69, 9.17) is 0 Å². The fourth-order valence-electron chi connectivity index (χ4n) is 1.83. The number of rotatable bonds is 3. The van der Waals surface area contributed by atoms with Gasteiger partial charge in [0.15, 0.2) is 0 Å². The Morgan fingerprint density at radius 3 is 2.89 bits per heavy atom. The first-order valence-corrected chi connectivity index (χ1v) is 6.39. The van der Waals surface area contributed by atoms with E-state index in [0.29, 0.717) is 17.5 Å². The zero-order chi connectivity index (χ0) is 13.1. The van der Waals surface area contributed by atoms with Gasteiger partial charge in [-0.05, 0) is 40.0 Å². The van der Waals surface area contributed by atoms with Crippen LogP contribution in [0.2, 0.25) is 0 Å². The maximum absolute atomic E-state index is 13.8. The van der Waals surface area contributed by atoms with Crippen molar-refractivity contribution in [1.82, 2.24) is 4.98 Å². The van der Waals surface area contributed by atoms with Crippen molar-refractivity contribution in [1.29, 1.82) is 0 Å². The van der Waals surface area contributed by atoms with Gasteiger partial charge in [-0.15, -0.1) is 0 Å². The van der Waals surface area contributed by atoms with E-state index < -0.39 is 6.10 Å². The van der Waals surface area contributed by atoms with Crippen LogP contribution in [-0.4, -0.2) is 10.1 Å². The van der Waals surface area contributed by atoms with Crippen LogP contribution in [0.15, 0.2) is 41.1 Å². The Hall–Kier alpha value is -1.26. The van der Waals surface area contributed by atoms with Crippen LogP contribution in [0, 0.1) is 12.7 Å². The first-order valence-electron chi connectivity index (χ1n) is 5.60. The molecule has 1 heterocycles. The molecule has 0 saturated heterocycles. The first-order chi connectivity index (χ1) is 8.58.